The lowest BCUT2D eigenvalue weighted by Gasteiger charge is -2.15. The van der Waals surface area contributed by atoms with E-state index in [4.69, 9.17) is 11.6 Å². The number of aromatic nitrogens is 3. The Morgan fingerprint density at radius 3 is 2.93 bits per heavy atom. The third-order valence-corrected chi connectivity index (χ3v) is 6.29. The van der Waals surface area contributed by atoms with Crippen LogP contribution in [0, 0.1) is 12.8 Å². The van der Waals surface area contributed by atoms with E-state index in [1.165, 1.54) is 4.88 Å². The van der Waals surface area contributed by atoms with E-state index in [0.29, 0.717) is 34.0 Å². The van der Waals surface area contributed by atoms with E-state index in [-0.39, 0.29) is 5.91 Å². The lowest BCUT2D eigenvalue weighted by Crippen LogP contribution is -2.13. The van der Waals surface area contributed by atoms with Crippen LogP contribution in [0.4, 0.5) is 5.13 Å². The minimum Gasteiger partial charge on any atom is -0.298 e. The molecule has 1 aliphatic rings. The number of nitrogens with one attached hydrogen (secondary N) is 1. The molecule has 27 heavy (non-hydrogen) atoms. The number of anilines is 1. The Kier molecular flexibility index (Phi) is 5.02. The van der Waals surface area contributed by atoms with Gasteiger partial charge in [0.25, 0.3) is 5.91 Å². The number of rotatable bonds is 4. The number of aryl methyl sites for hydroxylation is 2. The molecule has 1 atom stereocenters. The Labute approximate surface area is 167 Å². The summed E-state index contributed by atoms with van der Waals surface area (Å²) in [5.41, 5.74) is 3.23. The Balaban J connectivity index is 1.54. The first-order chi connectivity index (χ1) is 13.0. The van der Waals surface area contributed by atoms with Crippen LogP contribution < -0.4 is 5.32 Å². The number of carbonyl (C=O) groups is 1. The van der Waals surface area contributed by atoms with Gasteiger partial charge in [-0.3, -0.25) is 10.1 Å². The van der Waals surface area contributed by atoms with Crippen LogP contribution >= 0.6 is 22.9 Å². The first-order valence-corrected chi connectivity index (χ1v) is 10.3. The van der Waals surface area contributed by atoms with Gasteiger partial charge >= 0.3 is 0 Å². The van der Waals surface area contributed by atoms with Crippen LogP contribution in [-0.2, 0) is 19.4 Å². The monoisotopic (exact) mass is 400 g/mol. The Bertz CT molecular complexity index is 980. The molecule has 0 radical (unpaired) electrons. The number of hydrogen-bond donors (Lipinski definition) is 1. The summed E-state index contributed by atoms with van der Waals surface area (Å²) in [5, 5.41) is 8.36. The molecule has 1 amide bonds. The lowest BCUT2D eigenvalue weighted by molar-refractivity contribution is 0.102. The van der Waals surface area contributed by atoms with Gasteiger partial charge in [0, 0.05) is 4.88 Å². The molecule has 3 aromatic rings. The number of hydrogen-bond acceptors (Lipinski definition) is 4. The van der Waals surface area contributed by atoms with E-state index < -0.39 is 0 Å². The number of benzene rings is 1. The number of amides is 1. The lowest BCUT2D eigenvalue weighted by atomic mass is 9.93. The van der Waals surface area contributed by atoms with Crippen molar-refractivity contribution in [3.05, 3.63) is 62.9 Å². The highest BCUT2D eigenvalue weighted by atomic mass is 35.5. The molecule has 0 saturated heterocycles. The molecule has 140 valence electrons. The molecule has 1 N–H and O–H groups in total. The molecule has 0 bridgehead atoms. The fraction of sp³-hybridized carbons (Fsp3) is 0.350. The fourth-order valence-electron chi connectivity index (χ4n) is 3.43. The Hall–Kier alpha value is -2.18. The van der Waals surface area contributed by atoms with Crippen molar-refractivity contribution in [1.82, 2.24) is 14.8 Å². The van der Waals surface area contributed by atoms with Crippen molar-refractivity contribution >= 4 is 34.0 Å². The van der Waals surface area contributed by atoms with Gasteiger partial charge in [0.1, 0.15) is 5.15 Å². The van der Waals surface area contributed by atoms with Crippen molar-refractivity contribution in [2.24, 2.45) is 5.92 Å². The smallest absolute Gasteiger partial charge is 0.262 e. The van der Waals surface area contributed by atoms with Crippen molar-refractivity contribution in [3.8, 4) is 0 Å². The quantitative estimate of drug-likeness (QED) is 0.688. The Morgan fingerprint density at radius 2 is 2.15 bits per heavy atom. The summed E-state index contributed by atoms with van der Waals surface area (Å²) in [7, 11) is 0. The fourth-order valence-corrected chi connectivity index (χ4v) is 4.91. The van der Waals surface area contributed by atoms with Gasteiger partial charge in [-0.1, -0.05) is 48.9 Å². The average molecular weight is 401 g/mol. The van der Waals surface area contributed by atoms with Crippen LogP contribution in [-0.4, -0.2) is 20.7 Å². The molecule has 1 aliphatic carbocycles. The first kappa shape index (κ1) is 18.2. The van der Waals surface area contributed by atoms with Crippen LogP contribution in [0.2, 0.25) is 5.15 Å². The summed E-state index contributed by atoms with van der Waals surface area (Å²) < 4.78 is 1.66. The van der Waals surface area contributed by atoms with Gasteiger partial charge in [0.05, 0.1) is 23.5 Å². The second-order valence-corrected chi connectivity index (χ2v) is 8.53. The summed E-state index contributed by atoms with van der Waals surface area (Å²) in [4.78, 5) is 18.7. The minimum atomic E-state index is -0.254. The van der Waals surface area contributed by atoms with Crippen LogP contribution in [0.25, 0.3) is 0 Å². The third-order valence-electron chi connectivity index (χ3n) is 4.87. The van der Waals surface area contributed by atoms with E-state index >= 15 is 0 Å². The molecule has 0 aliphatic heterocycles. The highest BCUT2D eigenvalue weighted by Crippen LogP contribution is 2.32. The number of thiazole rings is 1. The maximum absolute atomic E-state index is 12.8. The molecule has 2 heterocycles. The molecular formula is C20H21ClN4OS. The molecule has 5 nitrogen and oxygen atoms in total. The number of halogens is 1. The molecular weight excluding hydrogens is 380 g/mol. The molecule has 0 saturated carbocycles. The molecule has 2 aromatic heterocycles. The third kappa shape index (κ3) is 3.77. The van der Waals surface area contributed by atoms with Gasteiger partial charge in [-0.05, 0) is 37.7 Å². The van der Waals surface area contributed by atoms with E-state index in [1.54, 1.807) is 22.9 Å². The van der Waals surface area contributed by atoms with Gasteiger partial charge < -0.3 is 0 Å². The predicted octanol–water partition coefficient (Wildman–Crippen LogP) is 4.73. The standard InChI is InChI=1S/C20H21ClN4OS/c1-12-8-9-15-16(10-12)27-20(22-15)23-19(26)17-13(2)24-25(18(17)21)11-14-6-4-3-5-7-14/h3-7,12H,8-11H2,1-2H3,(H,22,23,26). The zero-order valence-corrected chi connectivity index (χ0v) is 16.9. The van der Waals surface area contributed by atoms with Gasteiger partial charge in [0.2, 0.25) is 0 Å². The van der Waals surface area contributed by atoms with Crippen molar-refractivity contribution in [2.75, 3.05) is 5.32 Å². The molecule has 0 spiro atoms. The van der Waals surface area contributed by atoms with Crippen LogP contribution in [0.5, 0.6) is 0 Å². The first-order valence-electron chi connectivity index (χ1n) is 9.08. The summed E-state index contributed by atoms with van der Waals surface area (Å²) in [6, 6.07) is 9.92. The molecule has 1 unspecified atom stereocenters. The van der Waals surface area contributed by atoms with Crippen LogP contribution in [0.15, 0.2) is 30.3 Å². The number of carbonyl (C=O) groups excluding carboxylic acids is 1. The zero-order chi connectivity index (χ0) is 19.0. The summed E-state index contributed by atoms with van der Waals surface area (Å²) in [5.74, 6) is 0.422. The molecule has 7 heteroatoms. The van der Waals surface area contributed by atoms with Crippen molar-refractivity contribution in [1.29, 1.82) is 0 Å². The van der Waals surface area contributed by atoms with E-state index in [9.17, 15) is 4.79 Å². The largest absolute Gasteiger partial charge is 0.298 e. The normalized spacial score (nSPS) is 16.2. The van der Waals surface area contributed by atoms with Gasteiger partial charge in [-0.25, -0.2) is 9.67 Å². The maximum Gasteiger partial charge on any atom is 0.262 e. The van der Waals surface area contributed by atoms with Crippen molar-refractivity contribution < 1.29 is 4.79 Å². The van der Waals surface area contributed by atoms with Crippen LogP contribution in [0.3, 0.4) is 0 Å². The van der Waals surface area contributed by atoms with Crippen molar-refractivity contribution in [2.45, 2.75) is 39.7 Å². The second kappa shape index (κ2) is 7.44. The highest BCUT2D eigenvalue weighted by molar-refractivity contribution is 7.15. The molecule has 4 rings (SSSR count). The van der Waals surface area contributed by atoms with Gasteiger partial charge in [-0.15, -0.1) is 11.3 Å². The summed E-state index contributed by atoms with van der Waals surface area (Å²) >= 11 is 8.05. The van der Waals surface area contributed by atoms with Crippen LogP contribution in [0.1, 0.15) is 45.5 Å². The highest BCUT2D eigenvalue weighted by Gasteiger charge is 2.24. The maximum atomic E-state index is 12.8. The molecule has 0 fully saturated rings. The average Bonchev–Trinajstić information content (AvgIpc) is 3.15. The van der Waals surface area contributed by atoms with E-state index in [2.05, 4.69) is 22.3 Å². The summed E-state index contributed by atoms with van der Waals surface area (Å²) in [6.45, 7) is 4.58. The number of nitrogens with zero attached hydrogens (tertiary/aromatic N) is 3. The number of fused-ring (bicyclic) bond motifs is 1. The predicted molar refractivity (Wildman–Crippen MR) is 109 cm³/mol. The SMILES string of the molecule is Cc1nn(Cc2ccccc2)c(Cl)c1C(=O)Nc1nc2c(s1)CC(C)CC2. The van der Waals surface area contributed by atoms with E-state index in [0.717, 1.165) is 30.5 Å². The zero-order valence-electron chi connectivity index (χ0n) is 15.3. The van der Waals surface area contributed by atoms with E-state index in [1.807, 2.05) is 30.3 Å². The van der Waals surface area contributed by atoms with Gasteiger partial charge in [0.15, 0.2) is 5.13 Å². The van der Waals surface area contributed by atoms with Gasteiger partial charge in [-0.2, -0.15) is 5.10 Å². The second-order valence-electron chi connectivity index (χ2n) is 7.09. The summed E-state index contributed by atoms with van der Waals surface area (Å²) in [6.07, 6.45) is 3.18. The Morgan fingerprint density at radius 1 is 1.37 bits per heavy atom. The topological polar surface area (TPSA) is 59.8 Å². The molecule has 1 aromatic carbocycles. The van der Waals surface area contributed by atoms with Crippen molar-refractivity contribution in [3.63, 3.8) is 0 Å². The minimum absolute atomic E-state index is 0.254.